The van der Waals surface area contributed by atoms with Gasteiger partial charge in [-0.15, -0.1) is 0 Å². The zero-order valence-corrected chi connectivity index (χ0v) is 12.0. The summed E-state index contributed by atoms with van der Waals surface area (Å²) in [5.41, 5.74) is 5.72. The van der Waals surface area contributed by atoms with Crippen molar-refractivity contribution in [3.8, 4) is 17.3 Å². The first-order valence-electron chi connectivity index (χ1n) is 6.59. The van der Waals surface area contributed by atoms with Crippen molar-refractivity contribution in [2.24, 2.45) is 5.73 Å². The van der Waals surface area contributed by atoms with Crippen LogP contribution in [0.1, 0.15) is 26.7 Å². The fourth-order valence-electron chi connectivity index (χ4n) is 2.29. The largest absolute Gasteiger partial charge is 0.491 e. The van der Waals surface area contributed by atoms with Crippen LogP contribution in [-0.4, -0.2) is 28.6 Å². The van der Waals surface area contributed by atoms with Gasteiger partial charge in [-0.2, -0.15) is 5.26 Å². The maximum Gasteiger partial charge on any atom is 0.250 e. The van der Waals surface area contributed by atoms with Gasteiger partial charge in [0, 0.05) is 5.56 Å². The van der Waals surface area contributed by atoms with Gasteiger partial charge in [-0.05, 0) is 0 Å². The molecule has 1 aliphatic carbocycles. The molecule has 1 heterocycles. The molecule has 1 aromatic heterocycles. The van der Waals surface area contributed by atoms with Crippen molar-refractivity contribution in [2.45, 2.75) is 0 Å². The second-order valence-electron chi connectivity index (χ2n) is 4.70. The van der Waals surface area contributed by atoms with Crippen molar-refractivity contribution < 1.29 is 14.3 Å². The lowest BCUT2D eigenvalue weighted by atomic mass is 9.99. The predicted molar refractivity (Wildman–Crippen MR) is 79.1 cm³/mol. The molecule has 0 unspecified atom stereocenters. The maximum absolute atomic E-state index is 12.3. The Morgan fingerprint density at radius 1 is 1.04 bits per heavy atom. The summed E-state index contributed by atoms with van der Waals surface area (Å²) in [6, 6.07) is 10.7. The molecule has 1 aliphatic rings. The first kappa shape index (κ1) is 14.4. The van der Waals surface area contributed by atoms with E-state index in [4.69, 9.17) is 10.5 Å². The number of nitrogens with zero attached hydrogens (tertiary/aromatic N) is 3. The maximum atomic E-state index is 12.3. The monoisotopic (exact) mass is 306 g/mol. The molecule has 0 saturated heterocycles. The standard InChI is InChI=1S/C16H10N4O3/c1-23-16-10(18)14(21)12-13(15(16)22)19-9(7-17)11(20-12)8-5-3-2-4-6-8/h2-6H,18H2,1H3. The van der Waals surface area contributed by atoms with Crippen LogP contribution in [0.3, 0.4) is 0 Å². The van der Waals surface area contributed by atoms with Crippen LogP contribution in [0.15, 0.2) is 41.8 Å². The Kier molecular flexibility index (Phi) is 3.35. The number of methoxy groups -OCH3 is 1. The van der Waals surface area contributed by atoms with Crippen LogP contribution in [0.4, 0.5) is 0 Å². The van der Waals surface area contributed by atoms with Crippen molar-refractivity contribution in [1.82, 2.24) is 9.97 Å². The zero-order valence-electron chi connectivity index (χ0n) is 12.0. The number of rotatable bonds is 2. The average molecular weight is 306 g/mol. The molecule has 2 aromatic rings. The minimum absolute atomic E-state index is 0.0491. The molecule has 2 N–H and O–H groups in total. The first-order chi connectivity index (χ1) is 11.1. The Morgan fingerprint density at radius 3 is 2.30 bits per heavy atom. The minimum Gasteiger partial charge on any atom is -0.491 e. The number of fused-ring (bicyclic) bond motifs is 1. The van der Waals surface area contributed by atoms with Gasteiger partial charge in [0.2, 0.25) is 5.78 Å². The van der Waals surface area contributed by atoms with Crippen molar-refractivity contribution in [3.05, 3.63) is 58.9 Å². The summed E-state index contributed by atoms with van der Waals surface area (Å²) >= 11 is 0. The molecule has 3 rings (SSSR count). The fraction of sp³-hybridized carbons (Fsp3) is 0.0625. The molecule has 0 spiro atoms. The van der Waals surface area contributed by atoms with Crippen LogP contribution in [0, 0.1) is 11.3 Å². The number of allylic oxidation sites excluding steroid dienone is 2. The molecule has 23 heavy (non-hydrogen) atoms. The molecule has 1 aromatic carbocycles. The summed E-state index contributed by atoms with van der Waals surface area (Å²) in [5, 5.41) is 9.29. The Bertz CT molecular complexity index is 911. The van der Waals surface area contributed by atoms with E-state index in [-0.39, 0.29) is 34.2 Å². The van der Waals surface area contributed by atoms with Crippen LogP contribution in [0.5, 0.6) is 0 Å². The summed E-state index contributed by atoms with van der Waals surface area (Å²) in [7, 11) is 1.23. The number of hydrogen-bond donors (Lipinski definition) is 1. The molecule has 0 bridgehead atoms. The van der Waals surface area contributed by atoms with Gasteiger partial charge in [0.05, 0.1) is 7.11 Å². The molecule has 112 valence electrons. The molecule has 0 amide bonds. The molecular formula is C16H10N4O3. The number of hydrogen-bond acceptors (Lipinski definition) is 7. The summed E-state index contributed by atoms with van der Waals surface area (Å²) in [6.07, 6.45) is 0. The number of ketones is 2. The smallest absolute Gasteiger partial charge is 0.250 e. The van der Waals surface area contributed by atoms with E-state index < -0.39 is 11.6 Å². The van der Waals surface area contributed by atoms with Crippen molar-refractivity contribution in [1.29, 1.82) is 5.26 Å². The highest BCUT2D eigenvalue weighted by Gasteiger charge is 2.35. The van der Waals surface area contributed by atoms with Crippen LogP contribution >= 0.6 is 0 Å². The average Bonchev–Trinajstić information content (AvgIpc) is 2.60. The second kappa shape index (κ2) is 5.35. The van der Waals surface area contributed by atoms with Gasteiger partial charge in [-0.1, -0.05) is 30.3 Å². The van der Waals surface area contributed by atoms with Crippen molar-refractivity contribution in [3.63, 3.8) is 0 Å². The quantitative estimate of drug-likeness (QED) is 0.885. The Labute approximate surface area is 131 Å². The summed E-state index contributed by atoms with van der Waals surface area (Å²) in [6.45, 7) is 0. The number of nitrogens with two attached hydrogens (primary N) is 1. The van der Waals surface area contributed by atoms with E-state index >= 15 is 0 Å². The Morgan fingerprint density at radius 2 is 1.70 bits per heavy atom. The van der Waals surface area contributed by atoms with Gasteiger partial charge in [0.25, 0.3) is 5.78 Å². The van der Waals surface area contributed by atoms with Crippen LogP contribution in [-0.2, 0) is 4.74 Å². The molecular weight excluding hydrogens is 296 g/mol. The predicted octanol–water partition coefficient (Wildman–Crippen LogP) is 1.21. The highest BCUT2D eigenvalue weighted by molar-refractivity contribution is 6.24. The SMILES string of the molecule is COC1=C(N)C(=O)c2nc(-c3ccccc3)c(C#N)nc2C1=O. The summed E-state index contributed by atoms with van der Waals surface area (Å²) in [5.74, 6) is -1.60. The molecule has 7 nitrogen and oxygen atoms in total. The van der Waals surface area contributed by atoms with E-state index in [0.717, 1.165) is 0 Å². The lowest BCUT2D eigenvalue weighted by Crippen LogP contribution is -2.30. The molecule has 0 radical (unpaired) electrons. The van der Waals surface area contributed by atoms with Gasteiger partial charge in [0.1, 0.15) is 28.8 Å². The number of ether oxygens (including phenoxy) is 1. The number of benzene rings is 1. The Hall–Kier alpha value is -3.53. The van der Waals surface area contributed by atoms with E-state index in [9.17, 15) is 14.9 Å². The highest BCUT2D eigenvalue weighted by atomic mass is 16.5. The zero-order chi connectivity index (χ0) is 16.6. The van der Waals surface area contributed by atoms with Crippen LogP contribution in [0.2, 0.25) is 0 Å². The molecule has 7 heteroatoms. The van der Waals surface area contributed by atoms with Crippen molar-refractivity contribution >= 4 is 11.6 Å². The number of carbonyl (C=O) groups is 2. The second-order valence-corrected chi connectivity index (χ2v) is 4.70. The third-order valence-corrected chi connectivity index (χ3v) is 3.38. The highest BCUT2D eigenvalue weighted by Crippen LogP contribution is 2.27. The van der Waals surface area contributed by atoms with E-state index in [1.165, 1.54) is 7.11 Å². The number of carbonyl (C=O) groups excluding carboxylic acids is 2. The van der Waals surface area contributed by atoms with Crippen LogP contribution in [0.25, 0.3) is 11.3 Å². The Balaban J connectivity index is 2.28. The minimum atomic E-state index is -0.664. The molecule has 0 aliphatic heterocycles. The number of nitriles is 1. The van der Waals surface area contributed by atoms with E-state index in [1.807, 2.05) is 12.1 Å². The molecule has 0 saturated carbocycles. The molecule has 0 atom stereocenters. The topological polar surface area (TPSA) is 119 Å². The van der Waals surface area contributed by atoms with E-state index in [0.29, 0.717) is 5.56 Å². The third-order valence-electron chi connectivity index (χ3n) is 3.38. The van der Waals surface area contributed by atoms with Crippen LogP contribution < -0.4 is 5.73 Å². The lowest BCUT2D eigenvalue weighted by molar-refractivity contribution is 0.0897. The van der Waals surface area contributed by atoms with Gasteiger partial charge in [-0.25, -0.2) is 9.97 Å². The van der Waals surface area contributed by atoms with Gasteiger partial charge >= 0.3 is 0 Å². The number of Topliss-reactive ketones (excluding diaryl/α,β-unsaturated/α-hetero) is 2. The fourth-order valence-corrected chi connectivity index (χ4v) is 2.29. The normalized spacial score (nSPS) is 13.6. The molecule has 0 fully saturated rings. The van der Waals surface area contributed by atoms with Crippen molar-refractivity contribution in [2.75, 3.05) is 7.11 Å². The third kappa shape index (κ3) is 2.13. The van der Waals surface area contributed by atoms with Gasteiger partial charge < -0.3 is 10.5 Å². The number of aromatic nitrogens is 2. The van der Waals surface area contributed by atoms with E-state index in [2.05, 4.69) is 9.97 Å². The first-order valence-corrected chi connectivity index (χ1v) is 6.59. The van der Waals surface area contributed by atoms with E-state index in [1.54, 1.807) is 24.3 Å². The van der Waals surface area contributed by atoms with Gasteiger partial charge in [0.15, 0.2) is 11.5 Å². The van der Waals surface area contributed by atoms with Gasteiger partial charge in [-0.3, -0.25) is 9.59 Å². The lowest BCUT2D eigenvalue weighted by Gasteiger charge is -2.17. The summed E-state index contributed by atoms with van der Waals surface area (Å²) < 4.78 is 4.86. The summed E-state index contributed by atoms with van der Waals surface area (Å²) in [4.78, 5) is 32.8.